The molecule has 0 radical (unpaired) electrons. The lowest BCUT2D eigenvalue weighted by atomic mass is 10.0. The molecule has 0 aromatic rings. The summed E-state index contributed by atoms with van der Waals surface area (Å²) in [6.07, 6.45) is 1.40. The van der Waals surface area contributed by atoms with Crippen molar-refractivity contribution in [3.63, 3.8) is 0 Å². The zero-order valence-electron chi connectivity index (χ0n) is 10.2. The van der Waals surface area contributed by atoms with Crippen molar-refractivity contribution in [2.24, 2.45) is 0 Å². The molecule has 0 aliphatic carbocycles. The molecule has 0 spiro atoms. The molecule has 0 N–H and O–H groups in total. The van der Waals surface area contributed by atoms with Gasteiger partial charge in [0.05, 0.1) is 0 Å². The average molecular weight is 196 g/mol. The minimum atomic E-state index is 0.364. The maximum atomic E-state index is 2.69. The van der Waals surface area contributed by atoms with Gasteiger partial charge >= 0.3 is 0 Å². The van der Waals surface area contributed by atoms with Gasteiger partial charge in [0.2, 0.25) is 0 Å². The summed E-state index contributed by atoms with van der Waals surface area (Å²) in [5, 5.41) is 0. The summed E-state index contributed by atoms with van der Waals surface area (Å²) in [5.74, 6) is 0. The molecule has 2 heterocycles. The number of nitrogens with zero attached hydrogens (tertiary/aromatic N) is 2. The zero-order valence-corrected chi connectivity index (χ0v) is 10.2. The van der Waals surface area contributed by atoms with Gasteiger partial charge in [-0.05, 0) is 41.0 Å². The minimum absolute atomic E-state index is 0.364. The predicted molar refractivity (Wildman–Crippen MR) is 60.5 cm³/mol. The minimum Gasteiger partial charge on any atom is -0.295 e. The Morgan fingerprint density at radius 3 is 2.07 bits per heavy atom. The molecule has 0 unspecified atom stereocenters. The van der Waals surface area contributed by atoms with Crippen LogP contribution in [0.3, 0.4) is 0 Å². The van der Waals surface area contributed by atoms with Gasteiger partial charge < -0.3 is 0 Å². The molecular formula is C12H24N2. The lowest BCUT2D eigenvalue weighted by Gasteiger charge is -2.43. The Hall–Kier alpha value is -0.0800. The number of hydrogen-bond acceptors (Lipinski definition) is 2. The second kappa shape index (κ2) is 3.21. The van der Waals surface area contributed by atoms with E-state index in [4.69, 9.17) is 0 Å². The van der Waals surface area contributed by atoms with Gasteiger partial charge in [0.1, 0.15) is 0 Å². The summed E-state index contributed by atoms with van der Waals surface area (Å²) in [6.45, 7) is 14.2. The first-order chi connectivity index (χ1) is 6.39. The summed E-state index contributed by atoms with van der Waals surface area (Å²) >= 11 is 0. The molecule has 2 fully saturated rings. The fraction of sp³-hybridized carbons (Fsp3) is 1.00. The van der Waals surface area contributed by atoms with Crippen molar-refractivity contribution in [1.29, 1.82) is 0 Å². The van der Waals surface area contributed by atoms with Crippen LogP contribution in [0.1, 0.15) is 41.0 Å². The highest BCUT2D eigenvalue weighted by Gasteiger charge is 2.47. The van der Waals surface area contributed by atoms with Gasteiger partial charge in [-0.3, -0.25) is 9.80 Å². The van der Waals surface area contributed by atoms with Crippen LogP contribution < -0.4 is 0 Å². The van der Waals surface area contributed by atoms with Crippen LogP contribution in [-0.2, 0) is 0 Å². The van der Waals surface area contributed by atoms with Gasteiger partial charge in [0, 0.05) is 36.8 Å². The first kappa shape index (κ1) is 10.4. The Labute approximate surface area is 88.3 Å². The Bertz CT molecular complexity index is 217. The van der Waals surface area contributed by atoms with E-state index in [9.17, 15) is 0 Å². The molecule has 2 atom stereocenters. The normalized spacial score (nSPS) is 34.7. The van der Waals surface area contributed by atoms with Crippen LogP contribution in [0.5, 0.6) is 0 Å². The van der Waals surface area contributed by atoms with E-state index < -0.39 is 0 Å². The van der Waals surface area contributed by atoms with E-state index in [0.29, 0.717) is 5.54 Å². The van der Waals surface area contributed by atoms with Crippen molar-refractivity contribution < 1.29 is 0 Å². The summed E-state index contributed by atoms with van der Waals surface area (Å²) in [6, 6.07) is 2.38. The van der Waals surface area contributed by atoms with Crippen molar-refractivity contribution >= 4 is 0 Å². The van der Waals surface area contributed by atoms with Gasteiger partial charge in [-0.2, -0.15) is 0 Å². The van der Waals surface area contributed by atoms with E-state index in [1.165, 1.54) is 19.5 Å². The molecular weight excluding hydrogens is 172 g/mol. The van der Waals surface area contributed by atoms with Crippen LogP contribution >= 0.6 is 0 Å². The molecule has 2 nitrogen and oxygen atoms in total. The van der Waals surface area contributed by atoms with Crippen LogP contribution in [0, 0.1) is 0 Å². The lowest BCUT2D eigenvalue weighted by Crippen LogP contribution is -2.54. The summed E-state index contributed by atoms with van der Waals surface area (Å²) in [5.41, 5.74) is 0.364. The van der Waals surface area contributed by atoms with Crippen molar-refractivity contribution in [2.75, 3.05) is 13.1 Å². The van der Waals surface area contributed by atoms with Gasteiger partial charge in [-0.15, -0.1) is 0 Å². The predicted octanol–water partition coefficient (Wildman–Crippen LogP) is 1.95. The second-order valence-electron chi connectivity index (χ2n) is 6.16. The summed E-state index contributed by atoms with van der Waals surface area (Å²) in [7, 11) is 0. The maximum Gasteiger partial charge on any atom is 0.0244 e. The highest BCUT2D eigenvalue weighted by molar-refractivity contribution is 5.03. The van der Waals surface area contributed by atoms with Crippen LogP contribution in [0.15, 0.2) is 0 Å². The van der Waals surface area contributed by atoms with Crippen molar-refractivity contribution in [2.45, 2.75) is 64.7 Å². The largest absolute Gasteiger partial charge is 0.295 e. The lowest BCUT2D eigenvalue weighted by molar-refractivity contribution is 0.0451. The monoisotopic (exact) mass is 196 g/mol. The average Bonchev–Trinajstić information content (AvgIpc) is 2.58. The molecule has 0 amide bonds. The molecule has 0 aromatic heterocycles. The number of likely N-dealkylation sites (tertiary alicyclic amines) is 2. The quantitative estimate of drug-likeness (QED) is 0.632. The van der Waals surface area contributed by atoms with Crippen LogP contribution in [-0.4, -0.2) is 46.6 Å². The van der Waals surface area contributed by atoms with E-state index in [1.807, 2.05) is 0 Å². The SMILES string of the molecule is CC(C)N1C[C@H]2C[C@@H]1CN2C(C)(C)C. The highest BCUT2D eigenvalue weighted by atomic mass is 15.4. The Kier molecular flexibility index (Phi) is 2.39. The van der Waals surface area contributed by atoms with Crippen LogP contribution in [0.2, 0.25) is 0 Å². The van der Waals surface area contributed by atoms with Gasteiger partial charge in [-0.25, -0.2) is 0 Å². The van der Waals surface area contributed by atoms with E-state index in [2.05, 4.69) is 44.4 Å². The third-order valence-corrected chi connectivity index (χ3v) is 3.81. The Morgan fingerprint density at radius 1 is 1.07 bits per heavy atom. The maximum absolute atomic E-state index is 2.69. The van der Waals surface area contributed by atoms with E-state index in [0.717, 1.165) is 18.1 Å². The molecule has 2 bridgehead atoms. The van der Waals surface area contributed by atoms with Gasteiger partial charge in [0.25, 0.3) is 0 Å². The van der Waals surface area contributed by atoms with Crippen LogP contribution in [0.25, 0.3) is 0 Å². The summed E-state index contributed by atoms with van der Waals surface area (Å²) in [4.78, 5) is 5.36. The second-order valence-corrected chi connectivity index (χ2v) is 6.16. The van der Waals surface area contributed by atoms with Crippen molar-refractivity contribution in [3.05, 3.63) is 0 Å². The number of fused-ring (bicyclic) bond motifs is 2. The van der Waals surface area contributed by atoms with Gasteiger partial charge in [0.15, 0.2) is 0 Å². The van der Waals surface area contributed by atoms with Crippen molar-refractivity contribution in [3.8, 4) is 0 Å². The molecule has 2 aliphatic heterocycles. The topological polar surface area (TPSA) is 6.48 Å². The third kappa shape index (κ3) is 1.59. The molecule has 2 saturated heterocycles. The molecule has 82 valence electrons. The standard InChI is InChI=1S/C12H24N2/c1-9(2)13-7-11-6-10(13)8-14(11)12(3,4)5/h9-11H,6-8H2,1-5H3/t10-,11-/m1/s1. The molecule has 2 aliphatic rings. The van der Waals surface area contributed by atoms with Gasteiger partial charge in [-0.1, -0.05) is 0 Å². The van der Waals surface area contributed by atoms with E-state index in [1.54, 1.807) is 0 Å². The first-order valence-corrected chi connectivity index (χ1v) is 5.92. The highest BCUT2D eigenvalue weighted by Crippen LogP contribution is 2.36. The number of rotatable bonds is 1. The molecule has 2 rings (SSSR count). The smallest absolute Gasteiger partial charge is 0.0244 e. The van der Waals surface area contributed by atoms with E-state index >= 15 is 0 Å². The Morgan fingerprint density at radius 2 is 1.71 bits per heavy atom. The number of piperazine rings is 1. The fourth-order valence-corrected chi connectivity index (χ4v) is 3.15. The first-order valence-electron chi connectivity index (χ1n) is 5.92. The molecule has 0 aromatic carbocycles. The third-order valence-electron chi connectivity index (χ3n) is 3.81. The molecule has 0 saturated carbocycles. The zero-order chi connectivity index (χ0) is 10.5. The van der Waals surface area contributed by atoms with E-state index in [-0.39, 0.29) is 0 Å². The molecule has 14 heavy (non-hydrogen) atoms. The fourth-order valence-electron chi connectivity index (χ4n) is 3.15. The number of hydrogen-bond donors (Lipinski definition) is 0. The molecule has 2 heteroatoms. The van der Waals surface area contributed by atoms with Crippen molar-refractivity contribution in [1.82, 2.24) is 9.80 Å². The Balaban J connectivity index is 2.03. The van der Waals surface area contributed by atoms with Crippen LogP contribution in [0.4, 0.5) is 0 Å². The summed E-state index contributed by atoms with van der Waals surface area (Å²) < 4.78 is 0.